The van der Waals surface area contributed by atoms with Gasteiger partial charge in [0.15, 0.2) is 0 Å². The fourth-order valence-corrected chi connectivity index (χ4v) is 6.14. The van der Waals surface area contributed by atoms with Gasteiger partial charge in [0, 0.05) is 22.8 Å². The Labute approximate surface area is 184 Å². The first-order valence-electron chi connectivity index (χ1n) is 10.0. The van der Waals surface area contributed by atoms with Gasteiger partial charge in [-0.15, -0.1) is 22.7 Å². The van der Waals surface area contributed by atoms with E-state index < -0.39 is 0 Å². The van der Waals surface area contributed by atoms with Gasteiger partial charge in [0.25, 0.3) is 5.91 Å². The van der Waals surface area contributed by atoms with Crippen molar-refractivity contribution in [2.24, 2.45) is 11.3 Å². The van der Waals surface area contributed by atoms with E-state index in [0.717, 1.165) is 35.4 Å². The zero-order valence-electron chi connectivity index (χ0n) is 17.6. The summed E-state index contributed by atoms with van der Waals surface area (Å²) in [6.07, 6.45) is 6.41. The van der Waals surface area contributed by atoms with Gasteiger partial charge in [-0.1, -0.05) is 20.8 Å². The molecule has 0 fully saturated rings. The lowest BCUT2D eigenvalue weighted by atomic mass is 9.72. The van der Waals surface area contributed by atoms with E-state index in [2.05, 4.69) is 42.1 Å². The molecule has 1 unspecified atom stereocenters. The van der Waals surface area contributed by atoms with Crippen molar-refractivity contribution in [2.75, 3.05) is 5.32 Å². The first-order valence-corrected chi connectivity index (χ1v) is 11.6. The molecule has 0 bridgehead atoms. The number of pyridine rings is 1. The first-order chi connectivity index (χ1) is 14.3. The maximum absolute atomic E-state index is 13.0. The minimum absolute atomic E-state index is 0.206. The Morgan fingerprint density at radius 1 is 1.33 bits per heavy atom. The van der Waals surface area contributed by atoms with Crippen LogP contribution >= 0.6 is 22.7 Å². The Hall–Kier alpha value is -2.56. The number of fused-ring (bicyclic) bond motifs is 1. The summed E-state index contributed by atoms with van der Waals surface area (Å²) in [5, 5.41) is 14.2. The lowest BCUT2D eigenvalue weighted by Gasteiger charge is -2.33. The highest BCUT2D eigenvalue weighted by Crippen LogP contribution is 2.44. The van der Waals surface area contributed by atoms with E-state index in [9.17, 15) is 10.1 Å². The van der Waals surface area contributed by atoms with Gasteiger partial charge in [-0.3, -0.25) is 9.78 Å². The van der Waals surface area contributed by atoms with E-state index in [1.165, 1.54) is 16.2 Å². The molecule has 0 radical (unpaired) electrons. The third-order valence-corrected chi connectivity index (χ3v) is 8.12. The van der Waals surface area contributed by atoms with E-state index in [4.69, 9.17) is 0 Å². The highest BCUT2D eigenvalue weighted by Gasteiger charge is 2.32. The molecule has 0 saturated heterocycles. The smallest absolute Gasteiger partial charge is 0.268 e. The Bertz CT molecular complexity index is 1130. The summed E-state index contributed by atoms with van der Waals surface area (Å²) in [7, 11) is 0. The van der Waals surface area contributed by atoms with Gasteiger partial charge in [0.2, 0.25) is 0 Å². The second-order valence-electron chi connectivity index (χ2n) is 8.75. The van der Waals surface area contributed by atoms with Crippen molar-refractivity contribution in [3.63, 3.8) is 0 Å². The summed E-state index contributed by atoms with van der Waals surface area (Å²) in [6, 6.07) is 6.12. The van der Waals surface area contributed by atoms with Crippen molar-refractivity contribution >= 4 is 33.6 Å². The maximum atomic E-state index is 13.0. The number of hydrogen-bond acceptors (Lipinski definition) is 6. The predicted octanol–water partition coefficient (Wildman–Crippen LogP) is 5.85. The second kappa shape index (κ2) is 7.93. The molecule has 154 valence electrons. The highest BCUT2D eigenvalue weighted by molar-refractivity contribution is 7.18. The molecular formula is C23H24N4OS2. The summed E-state index contributed by atoms with van der Waals surface area (Å²) in [6.45, 7) is 8.66. The predicted molar refractivity (Wildman–Crippen MR) is 122 cm³/mol. The molecule has 1 amide bonds. The standard InChI is InChI=1S/C23H24N4OS2/c1-13-19(30-21(26-13)14-6-5-9-25-12-14)20(28)27-22-17(11-24)16-8-7-15(23(2,3)4)10-18(16)29-22/h5-6,9,12,15H,7-8,10H2,1-4H3,(H,27,28). The van der Waals surface area contributed by atoms with Crippen molar-refractivity contribution in [3.8, 4) is 16.6 Å². The molecule has 3 aromatic rings. The average Bonchev–Trinajstić information content (AvgIpc) is 3.27. The Morgan fingerprint density at radius 3 is 2.80 bits per heavy atom. The van der Waals surface area contributed by atoms with Crippen molar-refractivity contribution < 1.29 is 4.79 Å². The molecule has 0 aromatic carbocycles. The fraction of sp³-hybridized carbons (Fsp3) is 0.391. The number of nitrogens with one attached hydrogen (secondary N) is 1. The van der Waals surface area contributed by atoms with Crippen LogP contribution in [0.5, 0.6) is 0 Å². The molecule has 5 nitrogen and oxygen atoms in total. The van der Waals surface area contributed by atoms with Crippen molar-refractivity contribution in [1.82, 2.24) is 9.97 Å². The number of nitriles is 1. The van der Waals surface area contributed by atoms with Gasteiger partial charge in [0.1, 0.15) is 21.0 Å². The number of anilines is 1. The van der Waals surface area contributed by atoms with Crippen LogP contribution in [0.2, 0.25) is 0 Å². The van der Waals surface area contributed by atoms with Gasteiger partial charge in [-0.05, 0) is 55.2 Å². The van der Waals surface area contributed by atoms with Crippen molar-refractivity contribution in [3.05, 3.63) is 51.1 Å². The monoisotopic (exact) mass is 436 g/mol. The van der Waals surface area contributed by atoms with Crippen LogP contribution in [-0.4, -0.2) is 15.9 Å². The van der Waals surface area contributed by atoms with Crippen LogP contribution in [0.1, 0.15) is 58.6 Å². The molecular weight excluding hydrogens is 412 g/mol. The number of thiophene rings is 1. The molecule has 0 saturated carbocycles. The normalized spacial score (nSPS) is 16.0. The number of carbonyl (C=O) groups excluding carboxylic acids is 1. The number of amides is 1. The summed E-state index contributed by atoms with van der Waals surface area (Å²) in [5.74, 6) is 0.382. The minimum Gasteiger partial charge on any atom is -0.312 e. The molecule has 30 heavy (non-hydrogen) atoms. The largest absolute Gasteiger partial charge is 0.312 e. The van der Waals surface area contributed by atoms with Crippen molar-refractivity contribution in [2.45, 2.75) is 47.0 Å². The molecule has 1 atom stereocenters. The highest BCUT2D eigenvalue weighted by atomic mass is 32.1. The average molecular weight is 437 g/mol. The number of aryl methyl sites for hydroxylation is 1. The van der Waals surface area contributed by atoms with Crippen LogP contribution in [0.3, 0.4) is 0 Å². The SMILES string of the molecule is Cc1nc(-c2cccnc2)sc1C(=O)Nc1sc2c(c1C#N)CCC(C(C)(C)C)C2. The Balaban J connectivity index is 1.60. The third-order valence-electron chi connectivity index (χ3n) is 5.74. The number of carbonyl (C=O) groups is 1. The number of hydrogen-bond donors (Lipinski definition) is 1. The molecule has 7 heteroatoms. The van der Waals surface area contributed by atoms with Crippen molar-refractivity contribution in [1.29, 1.82) is 5.26 Å². The van der Waals surface area contributed by atoms with E-state index in [-0.39, 0.29) is 11.3 Å². The molecule has 0 spiro atoms. The molecule has 3 aromatic heterocycles. The van der Waals surface area contributed by atoms with Crippen LogP contribution in [-0.2, 0) is 12.8 Å². The number of thiazole rings is 1. The molecule has 3 heterocycles. The quantitative estimate of drug-likeness (QED) is 0.558. The molecule has 1 aliphatic rings. The first kappa shape index (κ1) is 20.7. The van der Waals surface area contributed by atoms with E-state index in [1.807, 2.05) is 19.1 Å². The lowest BCUT2D eigenvalue weighted by molar-refractivity contribution is 0.103. The summed E-state index contributed by atoms with van der Waals surface area (Å²) in [5.41, 5.74) is 3.56. The third kappa shape index (κ3) is 3.90. The van der Waals surface area contributed by atoms with Gasteiger partial charge in [-0.2, -0.15) is 5.26 Å². The van der Waals surface area contributed by atoms with E-state index in [0.29, 0.717) is 27.1 Å². The summed E-state index contributed by atoms with van der Waals surface area (Å²) < 4.78 is 0. The van der Waals surface area contributed by atoms with Crippen LogP contribution in [0.4, 0.5) is 5.00 Å². The Kier molecular flexibility index (Phi) is 5.48. The van der Waals surface area contributed by atoms with E-state index >= 15 is 0 Å². The fourth-order valence-electron chi connectivity index (χ4n) is 3.91. The van der Waals surface area contributed by atoms with Crippen LogP contribution < -0.4 is 5.32 Å². The molecule has 1 aliphatic carbocycles. The molecule has 1 N–H and O–H groups in total. The Morgan fingerprint density at radius 2 is 2.13 bits per heavy atom. The van der Waals surface area contributed by atoms with E-state index in [1.54, 1.807) is 23.7 Å². The second-order valence-corrected chi connectivity index (χ2v) is 10.9. The minimum atomic E-state index is -0.206. The van der Waals surface area contributed by atoms with Crippen LogP contribution in [0, 0.1) is 29.6 Å². The van der Waals surface area contributed by atoms with Gasteiger partial charge in [0.05, 0.1) is 11.3 Å². The number of nitrogens with zero attached hydrogens (tertiary/aromatic N) is 3. The van der Waals surface area contributed by atoms with Gasteiger partial charge >= 0.3 is 0 Å². The van der Waals surface area contributed by atoms with Crippen LogP contribution in [0.15, 0.2) is 24.5 Å². The lowest BCUT2D eigenvalue weighted by Crippen LogP contribution is -2.26. The summed E-state index contributed by atoms with van der Waals surface area (Å²) in [4.78, 5) is 23.5. The molecule has 0 aliphatic heterocycles. The summed E-state index contributed by atoms with van der Waals surface area (Å²) >= 11 is 2.91. The van der Waals surface area contributed by atoms with Gasteiger partial charge in [-0.25, -0.2) is 4.98 Å². The van der Waals surface area contributed by atoms with Crippen LogP contribution in [0.25, 0.3) is 10.6 Å². The zero-order valence-corrected chi connectivity index (χ0v) is 19.2. The topological polar surface area (TPSA) is 78.7 Å². The zero-order chi connectivity index (χ0) is 21.5. The van der Waals surface area contributed by atoms with Gasteiger partial charge < -0.3 is 5.32 Å². The number of rotatable bonds is 3. The number of aromatic nitrogens is 2. The molecule has 4 rings (SSSR count). The maximum Gasteiger partial charge on any atom is 0.268 e.